The molecule has 0 saturated carbocycles. The highest BCUT2D eigenvalue weighted by Gasteiger charge is 2.24. The predicted molar refractivity (Wildman–Crippen MR) is 104 cm³/mol. The summed E-state index contributed by atoms with van der Waals surface area (Å²) < 4.78 is 11.8. The zero-order valence-corrected chi connectivity index (χ0v) is 15.9. The number of hydrogen-bond acceptors (Lipinski definition) is 3. The van der Waals surface area contributed by atoms with Gasteiger partial charge in [0.2, 0.25) is 0 Å². The van der Waals surface area contributed by atoms with Crippen LogP contribution in [0.25, 0.3) is 21.9 Å². The Labute approximate surface area is 157 Å². The molecule has 0 spiro atoms. The summed E-state index contributed by atoms with van der Waals surface area (Å²) in [4.78, 5) is 12.5. The minimum absolute atomic E-state index is 0.236. The molecule has 1 amide bonds. The van der Waals surface area contributed by atoms with Gasteiger partial charge in [0.1, 0.15) is 16.9 Å². The van der Waals surface area contributed by atoms with Crippen molar-refractivity contribution >= 4 is 39.4 Å². The Morgan fingerprint density at radius 1 is 1.27 bits per heavy atom. The maximum absolute atomic E-state index is 12.5. The van der Waals surface area contributed by atoms with Gasteiger partial charge in [-0.15, -0.1) is 5.92 Å². The molecule has 26 heavy (non-hydrogen) atoms. The van der Waals surface area contributed by atoms with Crippen molar-refractivity contribution in [2.24, 2.45) is 0 Å². The van der Waals surface area contributed by atoms with E-state index in [1.807, 2.05) is 44.2 Å². The van der Waals surface area contributed by atoms with Crippen LogP contribution in [0, 0.1) is 11.8 Å². The summed E-state index contributed by atoms with van der Waals surface area (Å²) in [6, 6.07) is 10.9. The molecule has 0 radical (unpaired) electrons. The Kier molecular flexibility index (Phi) is 4.84. The molecule has 0 aliphatic rings. The van der Waals surface area contributed by atoms with Gasteiger partial charge in [-0.2, -0.15) is 0 Å². The summed E-state index contributed by atoms with van der Waals surface area (Å²) in [6.07, 6.45) is -0.692. The standard InChI is InChI=1S/C21H20ClNO3/c1-5-11-21(3,4)23-20(24)13(2)25-17-7-6-8-18-19(17)15-12-14(22)9-10-16(15)26-18/h6-10,12-13H,1-4H3,(H,23,24). The molecule has 0 fully saturated rings. The second kappa shape index (κ2) is 6.93. The molecular weight excluding hydrogens is 350 g/mol. The summed E-state index contributed by atoms with van der Waals surface area (Å²) >= 11 is 6.13. The molecule has 0 saturated heterocycles. The number of halogens is 1. The number of ether oxygens (including phenoxy) is 1. The average Bonchev–Trinajstić information content (AvgIpc) is 2.93. The molecule has 0 aliphatic carbocycles. The fourth-order valence-electron chi connectivity index (χ4n) is 2.86. The van der Waals surface area contributed by atoms with Gasteiger partial charge in [-0.25, -0.2) is 0 Å². The highest BCUT2D eigenvalue weighted by atomic mass is 35.5. The van der Waals surface area contributed by atoms with E-state index >= 15 is 0 Å². The first-order valence-corrected chi connectivity index (χ1v) is 8.72. The molecule has 0 bridgehead atoms. The number of hydrogen-bond donors (Lipinski definition) is 1. The summed E-state index contributed by atoms with van der Waals surface area (Å²) in [6.45, 7) is 7.14. The van der Waals surface area contributed by atoms with Gasteiger partial charge >= 0.3 is 0 Å². The maximum atomic E-state index is 12.5. The van der Waals surface area contributed by atoms with Crippen LogP contribution in [0.5, 0.6) is 5.75 Å². The van der Waals surface area contributed by atoms with Gasteiger partial charge in [0.25, 0.3) is 5.91 Å². The van der Waals surface area contributed by atoms with Crippen LogP contribution < -0.4 is 10.1 Å². The summed E-state index contributed by atoms with van der Waals surface area (Å²) in [7, 11) is 0. The SMILES string of the molecule is CC#CC(C)(C)NC(=O)C(C)Oc1cccc2oc3ccc(Cl)cc3c12. The van der Waals surface area contributed by atoms with Crippen LogP contribution in [0.15, 0.2) is 40.8 Å². The van der Waals surface area contributed by atoms with Crippen LogP contribution in [0.4, 0.5) is 0 Å². The summed E-state index contributed by atoms with van der Waals surface area (Å²) in [5, 5.41) is 5.15. The zero-order valence-electron chi connectivity index (χ0n) is 15.1. The number of carbonyl (C=O) groups is 1. The fraction of sp³-hybridized carbons (Fsp3) is 0.286. The van der Waals surface area contributed by atoms with Gasteiger partial charge in [0.05, 0.1) is 10.9 Å². The molecule has 1 heterocycles. The van der Waals surface area contributed by atoms with Crippen LogP contribution in [0.2, 0.25) is 5.02 Å². The van der Waals surface area contributed by atoms with Crippen LogP contribution >= 0.6 is 11.6 Å². The number of nitrogens with one attached hydrogen (secondary N) is 1. The summed E-state index contributed by atoms with van der Waals surface area (Å²) in [5.41, 5.74) is 0.784. The van der Waals surface area contributed by atoms with Crippen molar-refractivity contribution in [3.05, 3.63) is 41.4 Å². The van der Waals surface area contributed by atoms with Crippen molar-refractivity contribution in [2.75, 3.05) is 0 Å². The van der Waals surface area contributed by atoms with Crippen LogP contribution in [0.3, 0.4) is 0 Å². The molecular formula is C21H20ClNO3. The quantitative estimate of drug-likeness (QED) is 0.664. The van der Waals surface area contributed by atoms with Crippen molar-refractivity contribution < 1.29 is 13.9 Å². The van der Waals surface area contributed by atoms with Gasteiger partial charge in [-0.1, -0.05) is 23.6 Å². The fourth-order valence-corrected chi connectivity index (χ4v) is 3.03. The van der Waals surface area contributed by atoms with Gasteiger partial charge in [0, 0.05) is 10.4 Å². The Balaban J connectivity index is 1.93. The molecule has 0 aliphatic heterocycles. The average molecular weight is 370 g/mol. The first kappa shape index (κ1) is 18.2. The van der Waals surface area contributed by atoms with Crippen LogP contribution in [-0.4, -0.2) is 17.6 Å². The van der Waals surface area contributed by atoms with E-state index in [1.165, 1.54) is 0 Å². The second-order valence-corrected chi connectivity index (χ2v) is 7.06. The lowest BCUT2D eigenvalue weighted by atomic mass is 10.1. The van der Waals surface area contributed by atoms with E-state index in [9.17, 15) is 4.79 Å². The molecule has 134 valence electrons. The molecule has 4 nitrogen and oxygen atoms in total. The van der Waals surface area contributed by atoms with Crippen molar-refractivity contribution in [1.29, 1.82) is 0 Å². The molecule has 1 N–H and O–H groups in total. The van der Waals surface area contributed by atoms with Gasteiger partial charge in [0.15, 0.2) is 6.10 Å². The smallest absolute Gasteiger partial charge is 0.261 e. The van der Waals surface area contributed by atoms with E-state index in [2.05, 4.69) is 17.2 Å². The van der Waals surface area contributed by atoms with E-state index in [0.29, 0.717) is 16.4 Å². The van der Waals surface area contributed by atoms with Gasteiger partial charge in [-0.3, -0.25) is 4.79 Å². The zero-order chi connectivity index (χ0) is 18.9. The Hall–Kier alpha value is -2.64. The molecule has 5 heteroatoms. The lowest BCUT2D eigenvalue weighted by Gasteiger charge is -2.23. The van der Waals surface area contributed by atoms with Crippen molar-refractivity contribution in [3.63, 3.8) is 0 Å². The highest BCUT2D eigenvalue weighted by Crippen LogP contribution is 2.37. The van der Waals surface area contributed by atoms with Crippen LogP contribution in [0.1, 0.15) is 27.7 Å². The largest absolute Gasteiger partial charge is 0.480 e. The minimum Gasteiger partial charge on any atom is -0.480 e. The van der Waals surface area contributed by atoms with Crippen molar-refractivity contribution in [2.45, 2.75) is 39.3 Å². The van der Waals surface area contributed by atoms with E-state index in [-0.39, 0.29) is 5.91 Å². The number of furan rings is 1. The summed E-state index contributed by atoms with van der Waals surface area (Å²) in [5.74, 6) is 6.12. The number of carbonyl (C=O) groups excluding carboxylic acids is 1. The van der Waals surface area contributed by atoms with E-state index in [1.54, 1.807) is 19.9 Å². The predicted octanol–water partition coefficient (Wildman–Crippen LogP) is 4.92. The first-order chi connectivity index (χ1) is 12.3. The Bertz CT molecular complexity index is 1040. The highest BCUT2D eigenvalue weighted by molar-refractivity contribution is 6.31. The van der Waals surface area contributed by atoms with E-state index in [4.69, 9.17) is 20.8 Å². The maximum Gasteiger partial charge on any atom is 0.261 e. The lowest BCUT2D eigenvalue weighted by Crippen LogP contribution is -2.47. The third-order valence-electron chi connectivity index (χ3n) is 3.97. The normalized spacial score (nSPS) is 12.5. The number of rotatable bonds is 4. The Morgan fingerprint density at radius 3 is 2.77 bits per heavy atom. The first-order valence-electron chi connectivity index (χ1n) is 8.34. The third kappa shape index (κ3) is 3.63. The number of fused-ring (bicyclic) bond motifs is 3. The molecule has 2 aromatic carbocycles. The van der Waals surface area contributed by atoms with Gasteiger partial charge in [-0.05, 0) is 58.0 Å². The van der Waals surface area contributed by atoms with Gasteiger partial charge < -0.3 is 14.5 Å². The number of benzene rings is 2. The molecule has 1 aromatic heterocycles. The monoisotopic (exact) mass is 369 g/mol. The second-order valence-electron chi connectivity index (χ2n) is 6.62. The third-order valence-corrected chi connectivity index (χ3v) is 4.20. The van der Waals surface area contributed by atoms with E-state index in [0.717, 1.165) is 16.4 Å². The van der Waals surface area contributed by atoms with E-state index < -0.39 is 11.6 Å². The van der Waals surface area contributed by atoms with Crippen molar-refractivity contribution in [3.8, 4) is 17.6 Å². The molecule has 3 aromatic rings. The topological polar surface area (TPSA) is 51.5 Å². The molecule has 3 rings (SSSR count). The minimum atomic E-state index is -0.692. The molecule has 1 unspecified atom stereocenters. The van der Waals surface area contributed by atoms with Crippen molar-refractivity contribution in [1.82, 2.24) is 5.32 Å². The molecule has 1 atom stereocenters. The van der Waals surface area contributed by atoms with Crippen LogP contribution in [-0.2, 0) is 4.79 Å². The Morgan fingerprint density at radius 2 is 2.04 bits per heavy atom. The number of amides is 1. The lowest BCUT2D eigenvalue weighted by molar-refractivity contribution is -0.128.